The molecule has 0 N–H and O–H groups in total. The molecule has 4 rings (SSSR count). The molecular weight excluding hydrogens is 400 g/mol. The SMILES string of the molecule is CCOc1ccc([C@H]2CC(c3ccc(C)cc3)=NN2C(=O)CN2CCN(CC)CC2)cc1. The van der Waals surface area contributed by atoms with E-state index >= 15 is 0 Å². The molecule has 0 aliphatic carbocycles. The topological polar surface area (TPSA) is 48.4 Å². The molecule has 2 aromatic rings. The first kappa shape index (κ1) is 22.5. The van der Waals surface area contributed by atoms with Crippen molar-refractivity contribution in [3.63, 3.8) is 0 Å². The van der Waals surface area contributed by atoms with Crippen molar-refractivity contribution in [2.75, 3.05) is 45.9 Å². The highest BCUT2D eigenvalue weighted by molar-refractivity contribution is 6.03. The molecule has 32 heavy (non-hydrogen) atoms. The molecule has 1 saturated heterocycles. The summed E-state index contributed by atoms with van der Waals surface area (Å²) in [5, 5.41) is 6.55. The lowest BCUT2D eigenvalue weighted by Gasteiger charge is -2.34. The van der Waals surface area contributed by atoms with Crippen LogP contribution in [0, 0.1) is 6.92 Å². The zero-order chi connectivity index (χ0) is 22.5. The number of benzene rings is 2. The van der Waals surface area contributed by atoms with E-state index in [0.29, 0.717) is 19.6 Å². The van der Waals surface area contributed by atoms with Gasteiger partial charge in [0, 0.05) is 32.6 Å². The van der Waals surface area contributed by atoms with E-state index in [1.54, 1.807) is 5.01 Å². The Bertz CT molecular complexity index is 931. The van der Waals surface area contributed by atoms with Gasteiger partial charge in [0.15, 0.2) is 0 Å². The van der Waals surface area contributed by atoms with E-state index in [4.69, 9.17) is 9.84 Å². The molecule has 2 aliphatic rings. The summed E-state index contributed by atoms with van der Waals surface area (Å²) in [5.74, 6) is 0.913. The summed E-state index contributed by atoms with van der Waals surface area (Å²) in [6.45, 7) is 12.3. The van der Waals surface area contributed by atoms with E-state index in [1.165, 1.54) is 5.56 Å². The molecule has 1 amide bonds. The van der Waals surface area contributed by atoms with Crippen molar-refractivity contribution in [3.8, 4) is 5.75 Å². The predicted molar refractivity (Wildman–Crippen MR) is 128 cm³/mol. The van der Waals surface area contributed by atoms with Crippen LogP contribution in [-0.4, -0.2) is 72.3 Å². The second-order valence-electron chi connectivity index (χ2n) is 8.58. The Morgan fingerprint density at radius 3 is 2.25 bits per heavy atom. The van der Waals surface area contributed by atoms with Gasteiger partial charge in [0.1, 0.15) is 5.75 Å². The maximum absolute atomic E-state index is 13.4. The van der Waals surface area contributed by atoms with Crippen LogP contribution in [0.4, 0.5) is 0 Å². The van der Waals surface area contributed by atoms with Crippen LogP contribution in [0.2, 0.25) is 0 Å². The number of amides is 1. The molecule has 0 bridgehead atoms. The third-order valence-electron chi connectivity index (χ3n) is 6.40. The Labute approximate surface area is 191 Å². The second-order valence-corrected chi connectivity index (χ2v) is 8.58. The molecule has 1 fully saturated rings. The summed E-state index contributed by atoms with van der Waals surface area (Å²) in [4.78, 5) is 18.1. The highest BCUT2D eigenvalue weighted by Crippen LogP contribution is 2.34. The van der Waals surface area contributed by atoms with Gasteiger partial charge in [-0.2, -0.15) is 5.10 Å². The number of likely N-dealkylation sites (N-methyl/N-ethyl adjacent to an activating group) is 1. The van der Waals surface area contributed by atoms with E-state index in [1.807, 2.05) is 19.1 Å². The largest absolute Gasteiger partial charge is 0.494 e. The zero-order valence-electron chi connectivity index (χ0n) is 19.5. The standard InChI is InChI=1S/C26H34N4O2/c1-4-28-14-16-29(17-15-28)19-26(31)30-25(22-10-12-23(13-11-22)32-5-2)18-24(27-30)21-8-6-20(3)7-9-21/h6-13,25H,4-5,14-19H2,1-3H3/t25-/m1/s1. The van der Waals surface area contributed by atoms with Gasteiger partial charge in [-0.3, -0.25) is 9.69 Å². The molecule has 0 spiro atoms. The van der Waals surface area contributed by atoms with Gasteiger partial charge >= 0.3 is 0 Å². The van der Waals surface area contributed by atoms with Crippen LogP contribution in [-0.2, 0) is 4.79 Å². The highest BCUT2D eigenvalue weighted by atomic mass is 16.5. The van der Waals surface area contributed by atoms with Crippen LogP contribution < -0.4 is 4.74 Å². The van der Waals surface area contributed by atoms with Crippen molar-refractivity contribution >= 4 is 11.6 Å². The van der Waals surface area contributed by atoms with Crippen LogP contribution in [0.15, 0.2) is 53.6 Å². The van der Waals surface area contributed by atoms with E-state index in [-0.39, 0.29) is 11.9 Å². The fraction of sp³-hybridized carbons (Fsp3) is 0.462. The number of ether oxygens (including phenoxy) is 1. The van der Waals surface area contributed by atoms with Crippen molar-refractivity contribution < 1.29 is 9.53 Å². The number of hydrogen-bond donors (Lipinski definition) is 0. The van der Waals surface area contributed by atoms with Crippen LogP contribution in [0.3, 0.4) is 0 Å². The van der Waals surface area contributed by atoms with Gasteiger partial charge in [0.25, 0.3) is 5.91 Å². The Kier molecular flexibility index (Phi) is 7.22. The monoisotopic (exact) mass is 434 g/mol. The number of hydrogen-bond acceptors (Lipinski definition) is 5. The smallest absolute Gasteiger partial charge is 0.257 e. The summed E-state index contributed by atoms with van der Waals surface area (Å²) in [7, 11) is 0. The quantitative estimate of drug-likeness (QED) is 0.667. The van der Waals surface area contributed by atoms with Gasteiger partial charge in [-0.15, -0.1) is 0 Å². The Morgan fingerprint density at radius 2 is 1.62 bits per heavy atom. The van der Waals surface area contributed by atoms with E-state index in [0.717, 1.165) is 55.3 Å². The van der Waals surface area contributed by atoms with Crippen molar-refractivity contribution in [2.45, 2.75) is 33.2 Å². The summed E-state index contributed by atoms with van der Waals surface area (Å²) >= 11 is 0. The number of carbonyl (C=O) groups excluding carboxylic acids is 1. The minimum absolute atomic E-state index is 0.0657. The van der Waals surface area contributed by atoms with Crippen molar-refractivity contribution in [1.82, 2.24) is 14.8 Å². The fourth-order valence-electron chi connectivity index (χ4n) is 4.40. The summed E-state index contributed by atoms with van der Waals surface area (Å²) in [5.41, 5.74) is 4.35. The normalized spacial score (nSPS) is 19.8. The third kappa shape index (κ3) is 5.19. The van der Waals surface area contributed by atoms with Crippen molar-refractivity contribution in [2.24, 2.45) is 5.10 Å². The minimum Gasteiger partial charge on any atom is -0.494 e. The van der Waals surface area contributed by atoms with Crippen LogP contribution in [0.1, 0.15) is 43.0 Å². The molecule has 0 aromatic heterocycles. The molecule has 0 unspecified atom stereocenters. The molecule has 6 nitrogen and oxygen atoms in total. The summed E-state index contributed by atoms with van der Waals surface area (Å²) in [6.07, 6.45) is 0.715. The molecule has 2 heterocycles. The Hall–Kier alpha value is -2.70. The molecule has 170 valence electrons. The van der Waals surface area contributed by atoms with Crippen LogP contribution in [0.5, 0.6) is 5.75 Å². The average molecular weight is 435 g/mol. The second kappa shape index (κ2) is 10.3. The third-order valence-corrected chi connectivity index (χ3v) is 6.40. The molecule has 6 heteroatoms. The first-order valence-electron chi connectivity index (χ1n) is 11.7. The first-order chi connectivity index (χ1) is 15.6. The molecule has 0 saturated carbocycles. The zero-order valence-corrected chi connectivity index (χ0v) is 19.5. The number of aryl methyl sites for hydroxylation is 1. The van der Waals surface area contributed by atoms with Crippen molar-refractivity contribution in [1.29, 1.82) is 0 Å². The van der Waals surface area contributed by atoms with E-state index in [2.05, 4.69) is 60.0 Å². The van der Waals surface area contributed by atoms with Gasteiger partial charge < -0.3 is 9.64 Å². The van der Waals surface area contributed by atoms with Gasteiger partial charge in [-0.25, -0.2) is 5.01 Å². The van der Waals surface area contributed by atoms with Crippen molar-refractivity contribution in [3.05, 3.63) is 65.2 Å². The minimum atomic E-state index is -0.0913. The Balaban J connectivity index is 1.54. The molecular formula is C26H34N4O2. The van der Waals surface area contributed by atoms with Gasteiger partial charge in [0.2, 0.25) is 0 Å². The number of carbonyl (C=O) groups is 1. The first-order valence-corrected chi connectivity index (χ1v) is 11.7. The lowest BCUT2D eigenvalue weighted by Crippen LogP contribution is -2.49. The summed E-state index contributed by atoms with van der Waals surface area (Å²) in [6, 6.07) is 16.4. The fourth-order valence-corrected chi connectivity index (χ4v) is 4.40. The molecule has 0 radical (unpaired) electrons. The average Bonchev–Trinajstić information content (AvgIpc) is 3.26. The molecule has 2 aromatic carbocycles. The van der Waals surface area contributed by atoms with Crippen LogP contribution in [0.25, 0.3) is 0 Å². The number of rotatable bonds is 7. The van der Waals surface area contributed by atoms with Gasteiger partial charge in [0.05, 0.1) is 24.9 Å². The molecule has 1 atom stereocenters. The van der Waals surface area contributed by atoms with E-state index in [9.17, 15) is 4.79 Å². The Morgan fingerprint density at radius 1 is 0.969 bits per heavy atom. The molecule has 2 aliphatic heterocycles. The number of hydrazone groups is 1. The number of nitrogens with zero attached hydrogens (tertiary/aromatic N) is 4. The van der Waals surface area contributed by atoms with E-state index < -0.39 is 0 Å². The maximum Gasteiger partial charge on any atom is 0.257 e. The van der Waals surface area contributed by atoms with Crippen LogP contribution >= 0.6 is 0 Å². The maximum atomic E-state index is 13.4. The van der Waals surface area contributed by atoms with Gasteiger partial charge in [-0.05, 0) is 43.7 Å². The highest BCUT2D eigenvalue weighted by Gasteiger charge is 2.34. The van der Waals surface area contributed by atoms with Gasteiger partial charge in [-0.1, -0.05) is 48.9 Å². The lowest BCUT2D eigenvalue weighted by atomic mass is 9.98. The number of piperazine rings is 1. The summed E-state index contributed by atoms with van der Waals surface area (Å²) < 4.78 is 5.60. The predicted octanol–water partition coefficient (Wildman–Crippen LogP) is 3.71. The lowest BCUT2D eigenvalue weighted by molar-refractivity contribution is -0.134.